The van der Waals surface area contributed by atoms with E-state index in [-0.39, 0.29) is 15.3 Å². The average Bonchev–Trinajstić information content (AvgIpc) is 1.62. The number of hydrogen-bond donors (Lipinski definition) is 1. The molecule has 0 aromatic heterocycles. The topological polar surface area (TPSA) is 43.1 Å². The zero-order valence-corrected chi connectivity index (χ0v) is 9.44. The third-order valence-electron chi connectivity index (χ3n) is 1.24. The molecule has 0 aliphatic heterocycles. The minimum atomic E-state index is -0.162. The van der Waals surface area contributed by atoms with Crippen LogP contribution in [-0.2, 0) is 4.79 Å². The molecule has 2 radical (unpaired) electrons. The molecule has 0 fully saturated rings. The fourth-order valence-electron chi connectivity index (χ4n) is 0.427. The number of carbonyl (C=O) groups excluding carboxylic acids is 1. The number of amides is 1. The predicted molar refractivity (Wildman–Crippen MR) is 39.5 cm³/mol. The molecule has 2 nitrogen and oxygen atoms in total. The first-order chi connectivity index (χ1) is 3.85. The monoisotopic (exact) mass is 235 g/mol. The Morgan fingerprint density at radius 3 is 1.89 bits per heavy atom. The van der Waals surface area contributed by atoms with Gasteiger partial charge in [0.15, 0.2) is 0 Å². The van der Waals surface area contributed by atoms with E-state index in [0.717, 1.165) is 22.5 Å². The van der Waals surface area contributed by atoms with E-state index in [0.29, 0.717) is 0 Å². The van der Waals surface area contributed by atoms with Gasteiger partial charge in [0.2, 0.25) is 0 Å². The van der Waals surface area contributed by atoms with Crippen LogP contribution in [0, 0.1) is 5.41 Å². The summed E-state index contributed by atoms with van der Waals surface area (Å²) in [6.45, 7) is 6.10. The van der Waals surface area contributed by atoms with Crippen molar-refractivity contribution < 1.29 is 4.79 Å². The third kappa shape index (κ3) is 3.08. The second-order valence-corrected chi connectivity index (χ2v) is 5.15. The van der Waals surface area contributed by atoms with E-state index in [1.54, 1.807) is 0 Å². The molecule has 0 heterocycles. The molecule has 0 bridgehead atoms. The summed E-state index contributed by atoms with van der Waals surface area (Å²) in [7, 11) is 0. The fourth-order valence-corrected chi connectivity index (χ4v) is 0.427. The third-order valence-corrected chi connectivity index (χ3v) is 5.03. The van der Waals surface area contributed by atoms with Gasteiger partial charge in [-0.2, -0.15) is 0 Å². The molecule has 0 spiro atoms. The second-order valence-electron chi connectivity index (χ2n) is 3.25. The van der Waals surface area contributed by atoms with Gasteiger partial charge >= 0.3 is 69.1 Å². The number of primary amides is 1. The molecule has 1 amide bonds. The van der Waals surface area contributed by atoms with Crippen LogP contribution in [0.4, 0.5) is 0 Å². The van der Waals surface area contributed by atoms with Gasteiger partial charge in [0, 0.05) is 0 Å². The van der Waals surface area contributed by atoms with Crippen LogP contribution in [0.5, 0.6) is 0 Å². The van der Waals surface area contributed by atoms with E-state index in [2.05, 4.69) is 0 Å². The normalized spacial score (nSPS) is 15.1. The number of carbonyl (C=O) groups is 1. The van der Waals surface area contributed by atoms with E-state index in [1.165, 1.54) is 0 Å². The summed E-state index contributed by atoms with van der Waals surface area (Å²) in [5.74, 6) is -0.162. The molecule has 3 heteroatoms. The molecule has 0 aromatic rings. The first kappa shape index (κ1) is 9.27. The van der Waals surface area contributed by atoms with E-state index < -0.39 is 0 Å². The number of nitrogens with two attached hydrogens (primary N) is 1. The van der Waals surface area contributed by atoms with Crippen LogP contribution in [0.15, 0.2) is 0 Å². The summed E-state index contributed by atoms with van der Waals surface area (Å²) in [4.78, 5) is 10.6. The molecule has 9 heavy (non-hydrogen) atoms. The number of hydrogen-bond acceptors (Lipinski definition) is 1. The first-order valence-electron chi connectivity index (χ1n) is 2.90. The summed E-state index contributed by atoms with van der Waals surface area (Å²) in [6.07, 6.45) is 0. The van der Waals surface area contributed by atoms with Crippen LogP contribution < -0.4 is 5.73 Å². The zero-order valence-electron chi connectivity index (χ0n) is 6.14. The molecular weight excluding hydrogens is 221 g/mol. The van der Waals surface area contributed by atoms with Crippen molar-refractivity contribution in [1.82, 2.24) is 0 Å². The van der Waals surface area contributed by atoms with Gasteiger partial charge in [0.25, 0.3) is 0 Å². The van der Waals surface area contributed by atoms with E-state index in [4.69, 9.17) is 5.73 Å². The Bertz CT molecular complexity index is 117. The van der Waals surface area contributed by atoms with Gasteiger partial charge in [-0.15, -0.1) is 0 Å². The van der Waals surface area contributed by atoms with Crippen molar-refractivity contribution in [3.63, 3.8) is 0 Å². The van der Waals surface area contributed by atoms with Crippen molar-refractivity contribution >= 4 is 28.4 Å². The molecule has 0 saturated carbocycles. The minimum absolute atomic E-state index is 0.0636. The van der Waals surface area contributed by atoms with Crippen molar-refractivity contribution in [1.29, 1.82) is 0 Å². The summed E-state index contributed by atoms with van der Waals surface area (Å²) < 4.78 is 0.0860. The Kier molecular flexibility index (Phi) is 2.99. The predicted octanol–water partition coefficient (Wildman–Crippen LogP) is 0.207. The molecule has 0 saturated heterocycles. The average molecular weight is 234 g/mol. The van der Waals surface area contributed by atoms with Crippen LogP contribution in [-0.4, -0.2) is 28.4 Å². The summed E-state index contributed by atoms with van der Waals surface area (Å²) >= 11 is 0.921. The summed E-state index contributed by atoms with van der Waals surface area (Å²) in [6, 6.07) is 0. The Morgan fingerprint density at radius 2 is 1.89 bits per heavy atom. The van der Waals surface area contributed by atoms with Crippen molar-refractivity contribution in [2.45, 2.75) is 24.7 Å². The van der Waals surface area contributed by atoms with Crippen molar-refractivity contribution in [3.8, 4) is 0 Å². The van der Waals surface area contributed by atoms with Gasteiger partial charge in [-0.1, -0.05) is 0 Å². The molecule has 52 valence electrons. The maximum atomic E-state index is 10.6. The van der Waals surface area contributed by atoms with Crippen molar-refractivity contribution in [2.24, 2.45) is 11.1 Å². The van der Waals surface area contributed by atoms with Gasteiger partial charge in [0.05, 0.1) is 0 Å². The van der Waals surface area contributed by atoms with Crippen molar-refractivity contribution in [3.05, 3.63) is 0 Å². The molecular formula is C6H13NOSn. The molecule has 0 aliphatic carbocycles. The Balaban J connectivity index is 4.04. The first-order valence-corrected chi connectivity index (χ1v) is 4.81. The quantitative estimate of drug-likeness (QED) is 0.647. The Morgan fingerprint density at radius 1 is 1.56 bits per heavy atom. The van der Waals surface area contributed by atoms with Crippen molar-refractivity contribution in [2.75, 3.05) is 0 Å². The zero-order chi connectivity index (χ0) is 7.65. The standard InChI is InChI=1S/C6H12NO.Sn.H/c1-6(2,3)4-5(7)8;;/h4H,1-3H3,(H2,7,8);;. The molecule has 1 atom stereocenters. The maximum absolute atomic E-state index is 10.6. The Hall–Kier alpha value is 0.269. The van der Waals surface area contributed by atoms with E-state index >= 15 is 0 Å². The molecule has 0 aromatic carbocycles. The van der Waals surface area contributed by atoms with E-state index in [9.17, 15) is 4.79 Å². The molecule has 0 rings (SSSR count). The van der Waals surface area contributed by atoms with Gasteiger partial charge in [-0.25, -0.2) is 0 Å². The van der Waals surface area contributed by atoms with E-state index in [1.807, 2.05) is 20.8 Å². The molecule has 2 N–H and O–H groups in total. The van der Waals surface area contributed by atoms with Gasteiger partial charge < -0.3 is 0 Å². The fraction of sp³-hybridized carbons (Fsp3) is 0.833. The van der Waals surface area contributed by atoms with Gasteiger partial charge in [-0.05, 0) is 0 Å². The van der Waals surface area contributed by atoms with Gasteiger partial charge in [-0.3, -0.25) is 0 Å². The van der Waals surface area contributed by atoms with Crippen LogP contribution in [0.3, 0.4) is 0 Å². The second kappa shape index (κ2) is 2.90. The van der Waals surface area contributed by atoms with Crippen LogP contribution in [0.1, 0.15) is 20.8 Å². The van der Waals surface area contributed by atoms with Crippen LogP contribution in [0.2, 0.25) is 3.93 Å². The summed E-state index contributed by atoms with van der Waals surface area (Å²) in [5.41, 5.74) is 5.18. The van der Waals surface area contributed by atoms with Gasteiger partial charge in [0.1, 0.15) is 0 Å². The molecule has 0 aliphatic rings. The summed E-state index contributed by atoms with van der Waals surface area (Å²) in [5, 5.41) is 0. The molecule has 1 unspecified atom stereocenters. The Labute approximate surface area is 69.3 Å². The SMILES string of the molecule is CC(C)(C)[CH]([SnH])C(N)=O. The number of rotatable bonds is 1. The van der Waals surface area contributed by atoms with Crippen LogP contribution >= 0.6 is 0 Å². The van der Waals surface area contributed by atoms with Crippen LogP contribution in [0.25, 0.3) is 0 Å².